The largest absolute Gasteiger partial charge is 0.338 e. The number of carbonyl (C=O) groups excluding carboxylic acids is 1. The Labute approximate surface area is 126 Å². The molecule has 0 saturated carbocycles. The average molecular weight is 303 g/mol. The molecule has 0 bridgehead atoms. The fourth-order valence-electron chi connectivity index (χ4n) is 2.68. The van der Waals surface area contributed by atoms with E-state index in [4.69, 9.17) is 0 Å². The number of hydrogen-bond acceptors (Lipinski definition) is 4. The van der Waals surface area contributed by atoms with Crippen molar-refractivity contribution in [2.75, 3.05) is 6.54 Å². The third-order valence-corrected chi connectivity index (χ3v) is 4.85. The molecule has 1 aliphatic heterocycles. The lowest BCUT2D eigenvalue weighted by molar-refractivity contribution is -0.131. The number of H-pyrrole nitrogens is 1. The Balaban J connectivity index is 1.78. The van der Waals surface area contributed by atoms with Crippen LogP contribution in [0.25, 0.3) is 0 Å². The quantitative estimate of drug-likeness (QED) is 0.916. The number of rotatable bonds is 2. The molecule has 0 unspecified atom stereocenters. The van der Waals surface area contributed by atoms with Crippen LogP contribution >= 0.6 is 11.3 Å². The molecule has 3 rings (SSSR count). The summed E-state index contributed by atoms with van der Waals surface area (Å²) in [6.07, 6.45) is 1.02. The number of hydrogen-bond donors (Lipinski definition) is 1. The summed E-state index contributed by atoms with van der Waals surface area (Å²) in [6.45, 7) is 4.89. The van der Waals surface area contributed by atoms with Gasteiger partial charge in [0.2, 0.25) is 5.91 Å². The summed E-state index contributed by atoms with van der Waals surface area (Å²) < 4.78 is 0. The highest BCUT2D eigenvalue weighted by Gasteiger charge is 2.23. The van der Waals surface area contributed by atoms with Crippen molar-refractivity contribution in [3.63, 3.8) is 0 Å². The molecule has 0 radical (unpaired) electrons. The standard InChI is InChI=1S/C15H17N3O2S/c1-9-12(15(20)17-10(2)16-9)7-14(19)18-5-3-13-11(8-18)4-6-21-13/h4,6H,3,5,7-8H2,1-2H3,(H,16,17,20). The Hall–Kier alpha value is -1.95. The number of nitrogens with one attached hydrogen (secondary N) is 1. The molecule has 0 atom stereocenters. The van der Waals surface area contributed by atoms with E-state index in [1.165, 1.54) is 10.4 Å². The van der Waals surface area contributed by atoms with E-state index >= 15 is 0 Å². The molecule has 0 spiro atoms. The Kier molecular flexibility index (Phi) is 3.63. The summed E-state index contributed by atoms with van der Waals surface area (Å²) in [5.41, 5.74) is 2.13. The summed E-state index contributed by atoms with van der Waals surface area (Å²) in [4.78, 5) is 34.5. The lowest BCUT2D eigenvalue weighted by atomic mass is 10.1. The van der Waals surface area contributed by atoms with Gasteiger partial charge in [-0.25, -0.2) is 4.98 Å². The molecule has 1 aliphatic rings. The number of aromatic nitrogens is 2. The third kappa shape index (κ3) is 2.76. The molecule has 110 valence electrons. The van der Waals surface area contributed by atoms with Crippen LogP contribution in [0.4, 0.5) is 0 Å². The van der Waals surface area contributed by atoms with Gasteiger partial charge >= 0.3 is 0 Å². The number of carbonyl (C=O) groups is 1. The first-order valence-corrected chi connectivity index (χ1v) is 7.82. The molecule has 21 heavy (non-hydrogen) atoms. The van der Waals surface area contributed by atoms with E-state index in [2.05, 4.69) is 21.4 Å². The summed E-state index contributed by atoms with van der Waals surface area (Å²) in [5.74, 6) is 0.570. The summed E-state index contributed by atoms with van der Waals surface area (Å²) >= 11 is 1.75. The topological polar surface area (TPSA) is 66.1 Å². The second-order valence-electron chi connectivity index (χ2n) is 5.33. The first-order chi connectivity index (χ1) is 10.0. The maximum atomic E-state index is 12.4. The van der Waals surface area contributed by atoms with Gasteiger partial charge in [-0.2, -0.15) is 0 Å². The van der Waals surface area contributed by atoms with E-state index in [9.17, 15) is 9.59 Å². The minimum atomic E-state index is -0.207. The number of fused-ring (bicyclic) bond motifs is 1. The van der Waals surface area contributed by atoms with Crippen molar-refractivity contribution < 1.29 is 4.79 Å². The van der Waals surface area contributed by atoms with Gasteiger partial charge in [0.1, 0.15) is 5.82 Å². The van der Waals surface area contributed by atoms with Crippen LogP contribution in [0.5, 0.6) is 0 Å². The molecule has 0 aromatic carbocycles. The molecule has 5 nitrogen and oxygen atoms in total. The van der Waals surface area contributed by atoms with Crippen LogP contribution in [-0.4, -0.2) is 27.3 Å². The monoisotopic (exact) mass is 303 g/mol. The van der Waals surface area contributed by atoms with Crippen molar-refractivity contribution in [2.24, 2.45) is 0 Å². The molecule has 2 aromatic rings. The van der Waals surface area contributed by atoms with E-state index in [1.807, 2.05) is 4.90 Å². The Morgan fingerprint density at radius 2 is 2.29 bits per heavy atom. The molecule has 2 aromatic heterocycles. The lowest BCUT2D eigenvalue weighted by Crippen LogP contribution is -2.37. The van der Waals surface area contributed by atoms with Gasteiger partial charge in [0.25, 0.3) is 5.56 Å². The highest BCUT2D eigenvalue weighted by molar-refractivity contribution is 7.10. The molecule has 3 heterocycles. The Morgan fingerprint density at radius 1 is 1.48 bits per heavy atom. The minimum absolute atomic E-state index is 0.00824. The van der Waals surface area contributed by atoms with Crippen molar-refractivity contribution in [1.29, 1.82) is 0 Å². The highest BCUT2D eigenvalue weighted by Crippen LogP contribution is 2.24. The van der Waals surface area contributed by atoms with Gasteiger partial charge in [0.15, 0.2) is 0 Å². The van der Waals surface area contributed by atoms with Crippen molar-refractivity contribution in [2.45, 2.75) is 33.2 Å². The summed E-state index contributed by atoms with van der Waals surface area (Å²) in [7, 11) is 0. The van der Waals surface area contributed by atoms with E-state index in [1.54, 1.807) is 25.2 Å². The number of aromatic amines is 1. The fourth-order valence-corrected chi connectivity index (χ4v) is 3.57. The molecule has 0 saturated heterocycles. The van der Waals surface area contributed by atoms with E-state index in [-0.39, 0.29) is 17.9 Å². The van der Waals surface area contributed by atoms with Crippen molar-refractivity contribution in [3.05, 3.63) is 49.3 Å². The molecule has 0 fully saturated rings. The normalized spacial score (nSPS) is 14.1. The zero-order chi connectivity index (χ0) is 15.0. The van der Waals surface area contributed by atoms with E-state index in [0.717, 1.165) is 13.0 Å². The molecule has 1 amide bonds. The molecule has 0 aliphatic carbocycles. The first-order valence-electron chi connectivity index (χ1n) is 6.94. The van der Waals surface area contributed by atoms with Crippen LogP contribution in [0.2, 0.25) is 0 Å². The van der Waals surface area contributed by atoms with Crippen molar-refractivity contribution in [3.8, 4) is 0 Å². The predicted molar refractivity (Wildman–Crippen MR) is 81.5 cm³/mol. The highest BCUT2D eigenvalue weighted by atomic mass is 32.1. The van der Waals surface area contributed by atoms with Crippen LogP contribution in [0.1, 0.15) is 27.5 Å². The van der Waals surface area contributed by atoms with E-state index in [0.29, 0.717) is 23.6 Å². The van der Waals surface area contributed by atoms with Gasteiger partial charge in [0, 0.05) is 29.2 Å². The molecular weight excluding hydrogens is 286 g/mol. The Morgan fingerprint density at radius 3 is 3.05 bits per heavy atom. The lowest BCUT2D eigenvalue weighted by Gasteiger charge is -2.27. The van der Waals surface area contributed by atoms with Crippen molar-refractivity contribution in [1.82, 2.24) is 14.9 Å². The maximum Gasteiger partial charge on any atom is 0.254 e. The van der Waals surface area contributed by atoms with E-state index < -0.39 is 0 Å². The van der Waals surface area contributed by atoms with Gasteiger partial charge in [0.05, 0.1) is 6.42 Å². The van der Waals surface area contributed by atoms with Crippen LogP contribution in [0.3, 0.4) is 0 Å². The van der Waals surface area contributed by atoms with Gasteiger partial charge in [-0.1, -0.05) is 0 Å². The predicted octanol–water partition coefficient (Wildman–Crippen LogP) is 1.58. The van der Waals surface area contributed by atoms with Crippen LogP contribution in [0.15, 0.2) is 16.2 Å². The minimum Gasteiger partial charge on any atom is -0.338 e. The summed E-state index contributed by atoms with van der Waals surface area (Å²) in [6, 6.07) is 2.07. The smallest absolute Gasteiger partial charge is 0.254 e. The Bertz CT molecular complexity index is 748. The zero-order valence-corrected chi connectivity index (χ0v) is 12.9. The van der Waals surface area contributed by atoms with Gasteiger partial charge in [-0.3, -0.25) is 9.59 Å². The average Bonchev–Trinajstić information content (AvgIpc) is 2.89. The number of thiophene rings is 1. The van der Waals surface area contributed by atoms with Crippen LogP contribution in [0, 0.1) is 13.8 Å². The zero-order valence-electron chi connectivity index (χ0n) is 12.1. The number of amides is 1. The number of nitrogens with zero attached hydrogens (tertiary/aromatic N) is 2. The van der Waals surface area contributed by atoms with Gasteiger partial charge in [-0.15, -0.1) is 11.3 Å². The molecular formula is C15H17N3O2S. The molecule has 1 N–H and O–H groups in total. The van der Waals surface area contributed by atoms with Crippen molar-refractivity contribution >= 4 is 17.2 Å². The van der Waals surface area contributed by atoms with Crippen LogP contribution in [-0.2, 0) is 24.2 Å². The maximum absolute atomic E-state index is 12.4. The third-order valence-electron chi connectivity index (χ3n) is 3.83. The van der Waals surface area contributed by atoms with Gasteiger partial charge in [-0.05, 0) is 37.3 Å². The second kappa shape index (κ2) is 5.44. The molecule has 6 heteroatoms. The second-order valence-corrected chi connectivity index (χ2v) is 6.33. The number of aryl methyl sites for hydroxylation is 2. The SMILES string of the molecule is Cc1nc(C)c(CC(=O)N2CCc3sccc3C2)c(=O)[nH]1. The van der Waals surface area contributed by atoms with Crippen LogP contribution < -0.4 is 5.56 Å². The summed E-state index contributed by atoms with van der Waals surface area (Å²) in [5, 5.41) is 2.07. The fraction of sp³-hybridized carbons (Fsp3) is 0.400. The first kappa shape index (κ1) is 14.0. The van der Waals surface area contributed by atoms with Gasteiger partial charge < -0.3 is 9.88 Å².